The Morgan fingerprint density at radius 3 is 1.56 bits per heavy atom. The molecule has 0 saturated carbocycles. The van der Waals surface area contributed by atoms with Gasteiger partial charge in [-0.15, -0.1) is 0 Å². The van der Waals surface area contributed by atoms with Crippen molar-refractivity contribution in [2.75, 3.05) is 9.80 Å². The summed E-state index contributed by atoms with van der Waals surface area (Å²) in [6.45, 7) is -0.0541. The maximum Gasteiger partial charge on any atom is 0.252 e. The summed E-state index contributed by atoms with van der Waals surface area (Å²) in [5, 5.41) is 12.5. The molecule has 7 aromatic carbocycles. The summed E-state index contributed by atoms with van der Waals surface area (Å²) in [6.07, 6.45) is 0. The number of anilines is 6. The van der Waals surface area contributed by atoms with Gasteiger partial charge in [-0.3, -0.25) is 0 Å². The van der Waals surface area contributed by atoms with Crippen LogP contribution in [0.3, 0.4) is 0 Å². The van der Waals surface area contributed by atoms with E-state index < -0.39 is 0 Å². The highest BCUT2D eigenvalue weighted by molar-refractivity contribution is 7.00. The molecule has 5 heteroatoms. The topological polar surface area (TPSA) is 35.2 Å². The van der Waals surface area contributed by atoms with Gasteiger partial charge < -0.3 is 14.4 Å². The Morgan fingerprint density at radius 1 is 0.438 bits per heavy atom. The number of nitriles is 1. The second-order valence-corrected chi connectivity index (χ2v) is 12.5. The zero-order chi connectivity index (χ0) is 31.8. The summed E-state index contributed by atoms with van der Waals surface area (Å²) in [4.78, 5) is 4.81. The molecule has 4 nitrogen and oxygen atoms in total. The van der Waals surface area contributed by atoms with Gasteiger partial charge in [-0.1, -0.05) is 91.0 Å². The van der Waals surface area contributed by atoms with Gasteiger partial charge in [-0.2, -0.15) is 5.26 Å². The smallest absolute Gasteiger partial charge is 0.252 e. The van der Waals surface area contributed by atoms with E-state index in [4.69, 9.17) is 0 Å². The molecular formula is C43H27BN4. The number of hydrogen-bond acceptors (Lipinski definition) is 3. The van der Waals surface area contributed by atoms with Gasteiger partial charge in [0.2, 0.25) is 0 Å². The first-order valence-corrected chi connectivity index (χ1v) is 16.3. The van der Waals surface area contributed by atoms with Crippen LogP contribution in [0.4, 0.5) is 34.1 Å². The Labute approximate surface area is 279 Å². The first-order valence-electron chi connectivity index (χ1n) is 16.3. The minimum absolute atomic E-state index is 0.0541. The first-order chi connectivity index (χ1) is 23.8. The largest absolute Gasteiger partial charge is 0.311 e. The van der Waals surface area contributed by atoms with Crippen LogP contribution in [-0.2, 0) is 0 Å². The molecule has 2 aliphatic heterocycles. The molecule has 0 spiro atoms. The lowest BCUT2D eigenvalue weighted by Crippen LogP contribution is -2.61. The third-order valence-corrected chi connectivity index (χ3v) is 9.96. The summed E-state index contributed by atoms with van der Waals surface area (Å²) in [5.74, 6) is 0. The van der Waals surface area contributed by atoms with Gasteiger partial charge in [0.1, 0.15) is 0 Å². The molecule has 0 N–H and O–H groups in total. The standard InChI is InChI=1S/C43H27BN4/c45-28-29-23-24-40-36(25-29)44-35-19-9-12-22-39(35)46(30-13-3-1-4-14-30)41-26-32(27-42(43(41)44)47(40)31-15-5-2-6-16-31)48-37-20-10-7-17-33(37)34-18-8-11-21-38(34)48/h1-27H. The highest BCUT2D eigenvalue weighted by Crippen LogP contribution is 2.46. The van der Waals surface area contributed by atoms with E-state index in [9.17, 15) is 5.26 Å². The minimum Gasteiger partial charge on any atom is -0.311 e. The molecule has 0 saturated heterocycles. The molecule has 0 bridgehead atoms. The predicted molar refractivity (Wildman–Crippen MR) is 200 cm³/mol. The van der Waals surface area contributed by atoms with E-state index in [0.717, 1.165) is 45.3 Å². The highest BCUT2D eigenvalue weighted by atomic mass is 15.2. The highest BCUT2D eigenvalue weighted by Gasteiger charge is 2.43. The van der Waals surface area contributed by atoms with Crippen molar-refractivity contribution in [3.8, 4) is 11.8 Å². The molecule has 8 aromatic rings. The van der Waals surface area contributed by atoms with Crippen molar-refractivity contribution < 1.29 is 0 Å². The third kappa shape index (κ3) is 3.72. The number of fused-ring (bicyclic) bond motifs is 7. The van der Waals surface area contributed by atoms with Crippen molar-refractivity contribution >= 4 is 79.0 Å². The fourth-order valence-electron chi connectivity index (χ4n) is 8.05. The Kier molecular flexibility index (Phi) is 5.70. The lowest BCUT2D eigenvalue weighted by molar-refractivity contribution is 1.16. The van der Waals surface area contributed by atoms with Crippen molar-refractivity contribution in [3.05, 3.63) is 169 Å². The van der Waals surface area contributed by atoms with E-state index >= 15 is 0 Å². The number of benzene rings is 7. The Morgan fingerprint density at radius 2 is 0.958 bits per heavy atom. The maximum absolute atomic E-state index is 10.1. The molecule has 48 heavy (non-hydrogen) atoms. The summed E-state index contributed by atoms with van der Waals surface area (Å²) < 4.78 is 2.41. The van der Waals surface area contributed by atoms with Crippen molar-refractivity contribution in [2.24, 2.45) is 0 Å². The third-order valence-electron chi connectivity index (χ3n) is 9.96. The number of para-hydroxylation sites is 5. The lowest BCUT2D eigenvalue weighted by Gasteiger charge is -2.44. The summed E-state index contributed by atoms with van der Waals surface area (Å²) in [5.41, 5.74) is 14.4. The molecule has 0 radical (unpaired) electrons. The van der Waals surface area contributed by atoms with Crippen LogP contribution in [0.25, 0.3) is 27.5 Å². The van der Waals surface area contributed by atoms with Crippen LogP contribution in [0.15, 0.2) is 164 Å². The fraction of sp³-hybridized carbons (Fsp3) is 0. The van der Waals surface area contributed by atoms with Gasteiger partial charge in [-0.05, 0) is 89.2 Å². The van der Waals surface area contributed by atoms with E-state index in [-0.39, 0.29) is 6.71 Å². The number of rotatable bonds is 3. The minimum atomic E-state index is -0.0541. The average Bonchev–Trinajstić information content (AvgIpc) is 3.49. The summed E-state index contributed by atoms with van der Waals surface area (Å²) in [6, 6.07) is 60.7. The maximum atomic E-state index is 10.1. The second kappa shape index (κ2) is 10.3. The van der Waals surface area contributed by atoms with Gasteiger partial charge in [-0.25, -0.2) is 0 Å². The van der Waals surface area contributed by atoms with Crippen LogP contribution in [0.5, 0.6) is 0 Å². The molecule has 0 fully saturated rings. The van der Waals surface area contributed by atoms with Gasteiger partial charge >= 0.3 is 0 Å². The van der Waals surface area contributed by atoms with Crippen molar-refractivity contribution in [1.82, 2.24) is 4.57 Å². The predicted octanol–water partition coefficient (Wildman–Crippen LogP) is 8.74. The van der Waals surface area contributed by atoms with Crippen molar-refractivity contribution in [2.45, 2.75) is 0 Å². The normalized spacial score (nSPS) is 12.9. The van der Waals surface area contributed by atoms with Crippen LogP contribution in [-0.4, -0.2) is 11.3 Å². The summed E-state index contributed by atoms with van der Waals surface area (Å²) >= 11 is 0. The molecule has 0 amide bonds. The van der Waals surface area contributed by atoms with Crippen LogP contribution >= 0.6 is 0 Å². The molecular weight excluding hydrogens is 583 g/mol. The average molecular weight is 611 g/mol. The van der Waals surface area contributed by atoms with E-state index in [0.29, 0.717) is 5.56 Å². The van der Waals surface area contributed by atoms with Crippen LogP contribution in [0.2, 0.25) is 0 Å². The van der Waals surface area contributed by atoms with Crippen molar-refractivity contribution in [1.29, 1.82) is 5.26 Å². The molecule has 3 heterocycles. The van der Waals surface area contributed by atoms with E-state index in [1.807, 2.05) is 6.07 Å². The molecule has 0 aliphatic carbocycles. The zero-order valence-electron chi connectivity index (χ0n) is 26.0. The van der Waals surface area contributed by atoms with E-state index in [1.54, 1.807) is 0 Å². The van der Waals surface area contributed by atoms with Gasteiger partial charge in [0.05, 0.1) is 28.4 Å². The zero-order valence-corrected chi connectivity index (χ0v) is 26.0. The number of nitrogens with zero attached hydrogens (tertiary/aromatic N) is 4. The molecule has 10 rings (SSSR count). The molecule has 1 aromatic heterocycles. The fourth-order valence-corrected chi connectivity index (χ4v) is 8.05. The molecule has 222 valence electrons. The molecule has 0 atom stereocenters. The van der Waals surface area contributed by atoms with Crippen LogP contribution in [0.1, 0.15) is 5.56 Å². The number of hydrogen-bond donors (Lipinski definition) is 0. The SMILES string of the molecule is N#Cc1ccc2c(c1)B1c3ccccc3N(c3ccccc3)c3cc(-n4c5ccccc5c5ccccc54)cc(c31)N2c1ccccc1. The molecule has 0 unspecified atom stereocenters. The first kappa shape index (κ1) is 26.7. The van der Waals surface area contributed by atoms with Gasteiger partial charge in [0, 0.05) is 44.9 Å². The monoisotopic (exact) mass is 610 g/mol. The van der Waals surface area contributed by atoms with Crippen molar-refractivity contribution in [3.63, 3.8) is 0 Å². The lowest BCUT2D eigenvalue weighted by atomic mass is 9.33. The van der Waals surface area contributed by atoms with E-state index in [2.05, 4.69) is 178 Å². The Balaban J connectivity index is 1.38. The second-order valence-electron chi connectivity index (χ2n) is 12.5. The summed E-state index contributed by atoms with van der Waals surface area (Å²) in [7, 11) is 0. The Bertz CT molecular complexity index is 2530. The quantitative estimate of drug-likeness (QED) is 0.188. The van der Waals surface area contributed by atoms with Crippen LogP contribution < -0.4 is 26.2 Å². The van der Waals surface area contributed by atoms with Gasteiger partial charge in [0.25, 0.3) is 6.71 Å². The van der Waals surface area contributed by atoms with Crippen LogP contribution in [0, 0.1) is 11.3 Å². The Hall–Kier alpha value is -6.51. The number of aromatic nitrogens is 1. The van der Waals surface area contributed by atoms with Gasteiger partial charge in [0.15, 0.2) is 0 Å². The molecule has 2 aliphatic rings. The van der Waals surface area contributed by atoms with E-state index in [1.165, 1.54) is 32.7 Å².